The van der Waals surface area contributed by atoms with Gasteiger partial charge in [0.1, 0.15) is 6.20 Å². The summed E-state index contributed by atoms with van der Waals surface area (Å²) in [5.74, 6) is 1.06. The summed E-state index contributed by atoms with van der Waals surface area (Å²) in [4.78, 5) is 3.91. The lowest BCUT2D eigenvalue weighted by Gasteiger charge is -1.89. The smallest absolute Gasteiger partial charge is 0.304 e. The van der Waals surface area contributed by atoms with E-state index in [1.807, 2.05) is 0 Å². The van der Waals surface area contributed by atoms with Crippen LogP contribution in [-0.2, 0) is 6.42 Å². The monoisotopic (exact) mass is 142 g/mol. The van der Waals surface area contributed by atoms with Crippen LogP contribution in [0, 0.1) is 0 Å². The van der Waals surface area contributed by atoms with Crippen LogP contribution in [-0.4, -0.2) is 18.6 Å². The van der Waals surface area contributed by atoms with Gasteiger partial charge in [0.05, 0.1) is 7.11 Å². The maximum atomic E-state index is 5.27. The van der Waals surface area contributed by atoms with Crippen molar-refractivity contribution in [2.75, 3.05) is 13.7 Å². The Balaban J connectivity index is 2.59. The zero-order valence-corrected chi connectivity index (χ0v) is 5.83. The van der Waals surface area contributed by atoms with Crippen molar-refractivity contribution in [3.63, 3.8) is 0 Å². The summed E-state index contributed by atoms with van der Waals surface area (Å²) in [7, 11) is 1.53. The molecule has 1 aromatic heterocycles. The Bertz CT molecular complexity index is 197. The Morgan fingerprint density at radius 2 is 2.60 bits per heavy atom. The van der Waals surface area contributed by atoms with E-state index in [9.17, 15) is 0 Å². The van der Waals surface area contributed by atoms with Crippen LogP contribution in [0.3, 0.4) is 0 Å². The van der Waals surface area contributed by atoms with E-state index < -0.39 is 0 Å². The van der Waals surface area contributed by atoms with Gasteiger partial charge in [-0.1, -0.05) is 0 Å². The maximum absolute atomic E-state index is 5.27. The summed E-state index contributed by atoms with van der Waals surface area (Å²) in [5, 5.41) is 0. The number of ether oxygens (including phenoxy) is 1. The van der Waals surface area contributed by atoms with Crippen LogP contribution in [0.5, 0.6) is 5.95 Å². The second-order valence-electron chi connectivity index (χ2n) is 1.82. The predicted molar refractivity (Wildman–Crippen MR) is 35.8 cm³/mol. The molecule has 10 heavy (non-hydrogen) atoms. The fourth-order valence-corrected chi connectivity index (χ4v) is 0.627. The van der Waals surface area contributed by atoms with E-state index in [-0.39, 0.29) is 0 Å². The van der Waals surface area contributed by atoms with Gasteiger partial charge in [-0.3, -0.25) is 0 Å². The summed E-state index contributed by atoms with van der Waals surface area (Å²) in [5.41, 5.74) is 5.27. The van der Waals surface area contributed by atoms with Gasteiger partial charge >= 0.3 is 5.95 Å². The minimum Gasteiger partial charge on any atom is -0.467 e. The molecular formula is C6H10N2O2. The molecule has 0 aromatic carbocycles. The van der Waals surface area contributed by atoms with Crippen LogP contribution in [0.4, 0.5) is 0 Å². The van der Waals surface area contributed by atoms with Gasteiger partial charge < -0.3 is 14.9 Å². The van der Waals surface area contributed by atoms with Crippen molar-refractivity contribution in [2.24, 2.45) is 5.73 Å². The summed E-state index contributed by atoms with van der Waals surface area (Å²) in [6, 6.07) is 0. The lowest BCUT2D eigenvalue weighted by molar-refractivity contribution is 0.293. The highest BCUT2D eigenvalue weighted by atomic mass is 16.6. The topological polar surface area (TPSA) is 61.3 Å². The van der Waals surface area contributed by atoms with Gasteiger partial charge in [-0.15, -0.1) is 0 Å². The number of methoxy groups -OCH3 is 1. The average Bonchev–Trinajstić information content (AvgIpc) is 2.37. The molecular weight excluding hydrogens is 132 g/mol. The third kappa shape index (κ3) is 1.48. The molecule has 1 aromatic rings. The Labute approximate surface area is 59.0 Å². The number of oxazole rings is 1. The molecule has 4 nitrogen and oxygen atoms in total. The largest absolute Gasteiger partial charge is 0.467 e. The van der Waals surface area contributed by atoms with Crippen LogP contribution < -0.4 is 10.5 Å². The molecule has 0 unspecified atom stereocenters. The number of rotatable bonds is 3. The molecule has 0 amide bonds. The van der Waals surface area contributed by atoms with Crippen molar-refractivity contribution in [1.82, 2.24) is 4.98 Å². The van der Waals surface area contributed by atoms with E-state index in [1.165, 1.54) is 13.3 Å². The van der Waals surface area contributed by atoms with Gasteiger partial charge in [0.25, 0.3) is 0 Å². The molecule has 0 radical (unpaired) electrons. The van der Waals surface area contributed by atoms with Crippen molar-refractivity contribution in [3.8, 4) is 5.95 Å². The van der Waals surface area contributed by atoms with E-state index >= 15 is 0 Å². The van der Waals surface area contributed by atoms with Gasteiger partial charge in [0, 0.05) is 13.0 Å². The van der Waals surface area contributed by atoms with E-state index in [0.717, 1.165) is 0 Å². The van der Waals surface area contributed by atoms with Crippen LogP contribution in [0.2, 0.25) is 0 Å². The molecule has 0 spiro atoms. The second kappa shape index (κ2) is 3.22. The minimum atomic E-state index is 0.434. The molecule has 0 bridgehead atoms. The molecule has 0 aliphatic carbocycles. The first kappa shape index (κ1) is 7.08. The van der Waals surface area contributed by atoms with Gasteiger partial charge in [-0.25, -0.2) is 4.98 Å². The highest BCUT2D eigenvalue weighted by Crippen LogP contribution is 2.10. The Hall–Kier alpha value is -1.03. The quantitative estimate of drug-likeness (QED) is 0.654. The predicted octanol–water partition coefficient (Wildman–Crippen LogP) is 0.184. The summed E-state index contributed by atoms with van der Waals surface area (Å²) < 4.78 is 9.83. The van der Waals surface area contributed by atoms with Crippen LogP contribution >= 0.6 is 0 Å². The lowest BCUT2D eigenvalue weighted by Crippen LogP contribution is -2.02. The Morgan fingerprint density at radius 3 is 3.10 bits per heavy atom. The SMILES string of the molecule is COc1cnc(CCN)o1. The first-order valence-electron chi connectivity index (χ1n) is 3.05. The molecule has 1 heterocycles. The first-order chi connectivity index (χ1) is 4.86. The average molecular weight is 142 g/mol. The highest BCUT2D eigenvalue weighted by Gasteiger charge is 2.00. The standard InChI is InChI=1S/C6H10N2O2/c1-9-6-4-8-5(10-6)2-3-7/h4H,2-3,7H2,1H3. The molecule has 0 aliphatic heterocycles. The molecule has 2 N–H and O–H groups in total. The van der Waals surface area contributed by atoms with E-state index in [1.54, 1.807) is 0 Å². The molecule has 0 fully saturated rings. The van der Waals surface area contributed by atoms with Gasteiger partial charge in [0.15, 0.2) is 5.89 Å². The lowest BCUT2D eigenvalue weighted by atomic mass is 10.4. The van der Waals surface area contributed by atoms with Crippen LogP contribution in [0.15, 0.2) is 10.6 Å². The zero-order valence-electron chi connectivity index (χ0n) is 5.83. The Kier molecular flexibility index (Phi) is 2.28. The molecule has 0 aliphatic rings. The fourth-order valence-electron chi connectivity index (χ4n) is 0.627. The summed E-state index contributed by atoms with van der Waals surface area (Å²) in [6.45, 7) is 0.545. The number of hydrogen-bond acceptors (Lipinski definition) is 4. The number of aromatic nitrogens is 1. The molecule has 0 saturated heterocycles. The third-order valence-electron chi connectivity index (χ3n) is 1.09. The minimum absolute atomic E-state index is 0.434. The van der Waals surface area contributed by atoms with Crippen molar-refractivity contribution >= 4 is 0 Å². The van der Waals surface area contributed by atoms with Crippen molar-refractivity contribution in [3.05, 3.63) is 12.1 Å². The second-order valence-corrected chi connectivity index (χ2v) is 1.82. The van der Waals surface area contributed by atoms with Crippen molar-refractivity contribution in [2.45, 2.75) is 6.42 Å². The van der Waals surface area contributed by atoms with Crippen molar-refractivity contribution in [1.29, 1.82) is 0 Å². The Morgan fingerprint density at radius 1 is 1.80 bits per heavy atom. The van der Waals surface area contributed by atoms with E-state index in [2.05, 4.69) is 4.98 Å². The number of hydrogen-bond donors (Lipinski definition) is 1. The molecule has 0 atom stereocenters. The summed E-state index contributed by atoms with van der Waals surface area (Å²) >= 11 is 0. The maximum Gasteiger partial charge on any atom is 0.304 e. The number of nitrogens with zero attached hydrogens (tertiary/aromatic N) is 1. The summed E-state index contributed by atoms with van der Waals surface area (Å²) in [6.07, 6.45) is 2.19. The molecule has 56 valence electrons. The fraction of sp³-hybridized carbons (Fsp3) is 0.500. The van der Waals surface area contributed by atoms with Gasteiger partial charge in [-0.2, -0.15) is 0 Å². The highest BCUT2D eigenvalue weighted by molar-refractivity contribution is 4.99. The van der Waals surface area contributed by atoms with Gasteiger partial charge in [0.2, 0.25) is 0 Å². The molecule has 0 saturated carbocycles. The van der Waals surface area contributed by atoms with Crippen LogP contribution in [0.25, 0.3) is 0 Å². The zero-order chi connectivity index (χ0) is 7.40. The molecule has 4 heteroatoms. The van der Waals surface area contributed by atoms with E-state index in [0.29, 0.717) is 24.8 Å². The molecule has 1 rings (SSSR count). The first-order valence-corrected chi connectivity index (χ1v) is 3.05. The third-order valence-corrected chi connectivity index (χ3v) is 1.09. The normalized spacial score (nSPS) is 9.80. The number of nitrogens with two attached hydrogens (primary N) is 1. The van der Waals surface area contributed by atoms with Crippen LogP contribution in [0.1, 0.15) is 5.89 Å². The van der Waals surface area contributed by atoms with Crippen molar-refractivity contribution < 1.29 is 9.15 Å². The van der Waals surface area contributed by atoms with E-state index in [4.69, 9.17) is 14.9 Å². The van der Waals surface area contributed by atoms with Gasteiger partial charge in [-0.05, 0) is 0 Å².